The summed E-state index contributed by atoms with van der Waals surface area (Å²) >= 11 is 0. The third-order valence-corrected chi connectivity index (χ3v) is 4.29. The highest BCUT2D eigenvalue weighted by molar-refractivity contribution is 5.78. The van der Waals surface area contributed by atoms with Crippen LogP contribution in [0.15, 0.2) is 0 Å². The van der Waals surface area contributed by atoms with Crippen LogP contribution in [0.4, 0.5) is 0 Å². The standard InChI is InChI=1S/C15H28N2O/c1-13(2)15(18)17-10-6-7-14(12-17)11-16-8-4-3-5-9-16/h13-14H,3-12H2,1-2H3. The molecule has 0 saturated carbocycles. The van der Waals surface area contributed by atoms with Gasteiger partial charge in [-0.25, -0.2) is 0 Å². The molecule has 104 valence electrons. The van der Waals surface area contributed by atoms with Gasteiger partial charge >= 0.3 is 0 Å². The van der Waals surface area contributed by atoms with Crippen molar-refractivity contribution in [3.8, 4) is 0 Å². The third-order valence-electron chi connectivity index (χ3n) is 4.29. The Labute approximate surface area is 112 Å². The van der Waals surface area contributed by atoms with E-state index in [0.717, 1.165) is 13.1 Å². The SMILES string of the molecule is CC(C)C(=O)N1CCCC(CN2CCCCC2)C1. The van der Waals surface area contributed by atoms with Crippen molar-refractivity contribution in [2.45, 2.75) is 46.0 Å². The minimum atomic E-state index is 0.152. The quantitative estimate of drug-likeness (QED) is 0.770. The molecule has 2 rings (SSSR count). The number of rotatable bonds is 3. The van der Waals surface area contributed by atoms with Crippen molar-refractivity contribution in [3.05, 3.63) is 0 Å². The second-order valence-electron chi connectivity index (χ2n) is 6.31. The second kappa shape index (κ2) is 6.55. The van der Waals surface area contributed by atoms with Crippen molar-refractivity contribution in [1.82, 2.24) is 9.80 Å². The van der Waals surface area contributed by atoms with Gasteiger partial charge in [0.05, 0.1) is 0 Å². The van der Waals surface area contributed by atoms with Crippen molar-refractivity contribution in [1.29, 1.82) is 0 Å². The summed E-state index contributed by atoms with van der Waals surface area (Å²) in [4.78, 5) is 16.8. The fourth-order valence-corrected chi connectivity index (χ4v) is 3.29. The molecule has 0 N–H and O–H groups in total. The average Bonchev–Trinajstić information content (AvgIpc) is 2.39. The van der Waals surface area contributed by atoms with Crippen LogP contribution >= 0.6 is 0 Å². The number of likely N-dealkylation sites (tertiary alicyclic amines) is 2. The van der Waals surface area contributed by atoms with E-state index in [0.29, 0.717) is 11.8 Å². The lowest BCUT2D eigenvalue weighted by molar-refractivity contribution is -0.136. The Morgan fingerprint density at radius 1 is 1.11 bits per heavy atom. The van der Waals surface area contributed by atoms with Crippen molar-refractivity contribution in [3.63, 3.8) is 0 Å². The molecule has 2 aliphatic rings. The van der Waals surface area contributed by atoms with Crippen molar-refractivity contribution >= 4 is 5.91 Å². The fourth-order valence-electron chi connectivity index (χ4n) is 3.29. The first kappa shape index (κ1) is 13.9. The van der Waals surface area contributed by atoms with Gasteiger partial charge in [-0.15, -0.1) is 0 Å². The van der Waals surface area contributed by atoms with E-state index in [4.69, 9.17) is 0 Å². The summed E-state index contributed by atoms with van der Waals surface area (Å²) in [5.74, 6) is 1.21. The summed E-state index contributed by atoms with van der Waals surface area (Å²) in [5.41, 5.74) is 0. The summed E-state index contributed by atoms with van der Waals surface area (Å²) in [7, 11) is 0. The molecule has 0 aromatic rings. The van der Waals surface area contributed by atoms with Crippen molar-refractivity contribution < 1.29 is 4.79 Å². The average molecular weight is 252 g/mol. The Bertz CT molecular complexity index is 272. The van der Waals surface area contributed by atoms with Crippen LogP contribution in [0.2, 0.25) is 0 Å². The lowest BCUT2D eigenvalue weighted by Gasteiger charge is -2.37. The summed E-state index contributed by atoms with van der Waals surface area (Å²) in [6, 6.07) is 0. The van der Waals surface area contributed by atoms with Gasteiger partial charge in [0.25, 0.3) is 0 Å². The first-order valence-corrected chi connectivity index (χ1v) is 7.68. The molecule has 1 amide bonds. The molecule has 18 heavy (non-hydrogen) atoms. The first-order chi connectivity index (χ1) is 8.66. The van der Waals surface area contributed by atoms with E-state index in [2.05, 4.69) is 9.80 Å². The lowest BCUT2D eigenvalue weighted by Crippen LogP contribution is -2.45. The molecular weight excluding hydrogens is 224 g/mol. The second-order valence-corrected chi connectivity index (χ2v) is 6.31. The highest BCUT2D eigenvalue weighted by Gasteiger charge is 2.26. The molecule has 3 nitrogen and oxygen atoms in total. The van der Waals surface area contributed by atoms with Gasteiger partial charge in [-0.1, -0.05) is 20.3 Å². The number of carbonyl (C=O) groups is 1. The van der Waals surface area contributed by atoms with Gasteiger partial charge in [-0.2, -0.15) is 0 Å². The highest BCUT2D eigenvalue weighted by atomic mass is 16.2. The van der Waals surface area contributed by atoms with Gasteiger partial charge in [0.15, 0.2) is 0 Å². The highest BCUT2D eigenvalue weighted by Crippen LogP contribution is 2.21. The lowest BCUT2D eigenvalue weighted by atomic mass is 9.95. The molecule has 2 saturated heterocycles. The molecule has 0 radical (unpaired) electrons. The molecule has 2 heterocycles. The van der Waals surface area contributed by atoms with Crippen LogP contribution in [0.5, 0.6) is 0 Å². The molecule has 0 aromatic carbocycles. The van der Waals surface area contributed by atoms with Gasteiger partial charge in [0.1, 0.15) is 0 Å². The smallest absolute Gasteiger partial charge is 0.225 e. The Morgan fingerprint density at radius 3 is 2.50 bits per heavy atom. The summed E-state index contributed by atoms with van der Waals surface area (Å²) in [6.45, 7) is 9.75. The molecule has 2 aliphatic heterocycles. The van der Waals surface area contributed by atoms with E-state index < -0.39 is 0 Å². The number of amides is 1. The van der Waals surface area contributed by atoms with Crippen LogP contribution in [0.1, 0.15) is 46.0 Å². The first-order valence-electron chi connectivity index (χ1n) is 7.68. The molecule has 3 heteroatoms. The van der Waals surface area contributed by atoms with Crippen LogP contribution in [-0.2, 0) is 4.79 Å². The Balaban J connectivity index is 1.80. The summed E-state index contributed by atoms with van der Waals surface area (Å²) in [5, 5.41) is 0. The summed E-state index contributed by atoms with van der Waals surface area (Å²) < 4.78 is 0. The van der Waals surface area contributed by atoms with E-state index in [-0.39, 0.29) is 5.92 Å². The van der Waals surface area contributed by atoms with Crippen LogP contribution in [0.25, 0.3) is 0 Å². The van der Waals surface area contributed by atoms with Gasteiger partial charge in [0, 0.05) is 25.6 Å². The minimum Gasteiger partial charge on any atom is -0.342 e. The number of carbonyl (C=O) groups excluding carboxylic acids is 1. The monoisotopic (exact) mass is 252 g/mol. The van der Waals surface area contributed by atoms with Crippen LogP contribution < -0.4 is 0 Å². The zero-order valence-corrected chi connectivity index (χ0v) is 12.0. The van der Waals surface area contributed by atoms with Gasteiger partial charge < -0.3 is 9.80 Å². The Hall–Kier alpha value is -0.570. The minimum absolute atomic E-state index is 0.152. The molecule has 2 fully saturated rings. The van der Waals surface area contributed by atoms with Gasteiger partial charge in [-0.05, 0) is 44.7 Å². The molecule has 1 atom stereocenters. The van der Waals surface area contributed by atoms with E-state index in [1.54, 1.807) is 0 Å². The van der Waals surface area contributed by atoms with E-state index in [1.807, 2.05) is 13.8 Å². The zero-order chi connectivity index (χ0) is 13.0. The zero-order valence-electron chi connectivity index (χ0n) is 12.0. The van der Waals surface area contributed by atoms with E-state index >= 15 is 0 Å². The molecule has 0 aliphatic carbocycles. The van der Waals surface area contributed by atoms with Crippen LogP contribution in [0, 0.1) is 11.8 Å². The van der Waals surface area contributed by atoms with Crippen LogP contribution in [-0.4, -0.2) is 48.4 Å². The molecular formula is C15H28N2O. The maximum absolute atomic E-state index is 12.0. The van der Waals surface area contributed by atoms with Gasteiger partial charge in [0.2, 0.25) is 5.91 Å². The van der Waals surface area contributed by atoms with E-state index in [1.165, 1.54) is 51.7 Å². The van der Waals surface area contributed by atoms with E-state index in [9.17, 15) is 4.79 Å². The Kier molecular flexibility index (Phi) is 5.04. The molecule has 1 unspecified atom stereocenters. The predicted molar refractivity (Wildman–Crippen MR) is 74.4 cm³/mol. The third kappa shape index (κ3) is 3.71. The Morgan fingerprint density at radius 2 is 1.83 bits per heavy atom. The number of nitrogens with zero attached hydrogens (tertiary/aromatic N) is 2. The molecule has 0 bridgehead atoms. The largest absolute Gasteiger partial charge is 0.342 e. The maximum Gasteiger partial charge on any atom is 0.225 e. The number of hydrogen-bond acceptors (Lipinski definition) is 2. The molecule has 0 spiro atoms. The van der Waals surface area contributed by atoms with Crippen molar-refractivity contribution in [2.75, 3.05) is 32.7 Å². The normalized spacial score (nSPS) is 26.6. The number of hydrogen-bond donors (Lipinski definition) is 0. The van der Waals surface area contributed by atoms with Crippen LogP contribution in [0.3, 0.4) is 0 Å². The van der Waals surface area contributed by atoms with Crippen molar-refractivity contribution in [2.24, 2.45) is 11.8 Å². The van der Waals surface area contributed by atoms with Gasteiger partial charge in [-0.3, -0.25) is 4.79 Å². The predicted octanol–water partition coefficient (Wildman–Crippen LogP) is 2.37. The fraction of sp³-hybridized carbons (Fsp3) is 0.933. The summed E-state index contributed by atoms with van der Waals surface area (Å²) in [6.07, 6.45) is 6.62. The maximum atomic E-state index is 12.0. The molecule has 0 aromatic heterocycles. The number of piperidine rings is 2. The topological polar surface area (TPSA) is 23.6 Å².